The highest BCUT2D eigenvalue weighted by molar-refractivity contribution is 5.79. The maximum atomic E-state index is 10.7. The van der Waals surface area contributed by atoms with Gasteiger partial charge in [-0.05, 0) is 12.8 Å². The van der Waals surface area contributed by atoms with E-state index in [4.69, 9.17) is 10.2 Å². The van der Waals surface area contributed by atoms with Crippen LogP contribution in [0.1, 0.15) is 45.4 Å². The van der Waals surface area contributed by atoms with E-state index >= 15 is 0 Å². The van der Waals surface area contributed by atoms with Crippen molar-refractivity contribution < 1.29 is 19.8 Å². The number of carboxylic acids is 2. The second-order valence-corrected chi connectivity index (χ2v) is 3.82. The van der Waals surface area contributed by atoms with E-state index in [9.17, 15) is 9.59 Å². The fraction of sp³-hybridized carbons (Fsp3) is 0.667. The zero-order chi connectivity index (χ0) is 12.4. The third kappa shape index (κ3) is 8.03. The van der Waals surface area contributed by atoms with Crippen molar-refractivity contribution in [1.82, 2.24) is 0 Å². The number of aliphatic carboxylic acids is 2. The predicted octanol–water partition coefficient (Wildman–Crippen LogP) is 2.69. The van der Waals surface area contributed by atoms with E-state index in [1.165, 1.54) is 18.9 Å². The van der Waals surface area contributed by atoms with E-state index < -0.39 is 17.9 Å². The van der Waals surface area contributed by atoms with Gasteiger partial charge in [0.15, 0.2) is 0 Å². The predicted molar refractivity (Wildman–Crippen MR) is 61.3 cm³/mol. The Labute approximate surface area is 96.0 Å². The number of unbranched alkanes of at least 4 members (excludes halogenated alkanes) is 4. The Morgan fingerprint density at radius 2 is 1.88 bits per heavy atom. The van der Waals surface area contributed by atoms with E-state index in [-0.39, 0.29) is 6.42 Å². The Hall–Kier alpha value is -1.32. The molecule has 0 spiro atoms. The van der Waals surface area contributed by atoms with Crippen LogP contribution in [0.5, 0.6) is 0 Å². The molecule has 0 heterocycles. The summed E-state index contributed by atoms with van der Waals surface area (Å²) in [6.07, 6.45) is 8.26. The van der Waals surface area contributed by atoms with Gasteiger partial charge in [0, 0.05) is 0 Å². The number of hydrogen-bond donors (Lipinski definition) is 2. The first-order valence-corrected chi connectivity index (χ1v) is 5.69. The van der Waals surface area contributed by atoms with Gasteiger partial charge in [0.1, 0.15) is 0 Å². The van der Waals surface area contributed by atoms with Gasteiger partial charge in [0.2, 0.25) is 0 Å². The smallest absolute Gasteiger partial charge is 0.310 e. The molecule has 0 aromatic rings. The van der Waals surface area contributed by atoms with Crippen LogP contribution >= 0.6 is 0 Å². The van der Waals surface area contributed by atoms with Gasteiger partial charge in [-0.2, -0.15) is 0 Å². The van der Waals surface area contributed by atoms with Crippen LogP contribution in [-0.4, -0.2) is 22.2 Å². The summed E-state index contributed by atoms with van der Waals surface area (Å²) in [5, 5.41) is 17.3. The molecule has 0 saturated heterocycles. The highest BCUT2D eigenvalue weighted by Gasteiger charge is 2.17. The lowest BCUT2D eigenvalue weighted by Crippen LogP contribution is -2.15. The lowest BCUT2D eigenvalue weighted by Gasteiger charge is -2.03. The van der Waals surface area contributed by atoms with Crippen LogP contribution in [0.3, 0.4) is 0 Å². The van der Waals surface area contributed by atoms with Crippen LogP contribution in [0.25, 0.3) is 0 Å². The van der Waals surface area contributed by atoms with E-state index in [2.05, 4.69) is 6.92 Å². The van der Waals surface area contributed by atoms with Crippen molar-refractivity contribution in [3.8, 4) is 0 Å². The molecule has 0 rings (SSSR count). The maximum Gasteiger partial charge on any atom is 0.310 e. The first-order valence-electron chi connectivity index (χ1n) is 5.69. The summed E-state index contributed by atoms with van der Waals surface area (Å²) in [6.45, 7) is 2.13. The van der Waals surface area contributed by atoms with E-state index in [0.29, 0.717) is 0 Å². The van der Waals surface area contributed by atoms with Crippen molar-refractivity contribution >= 4 is 11.9 Å². The highest BCUT2D eigenvalue weighted by atomic mass is 16.4. The van der Waals surface area contributed by atoms with Crippen molar-refractivity contribution in [1.29, 1.82) is 0 Å². The zero-order valence-electron chi connectivity index (χ0n) is 9.69. The Kier molecular flexibility index (Phi) is 8.21. The summed E-state index contributed by atoms with van der Waals surface area (Å²) in [6, 6.07) is 0. The molecule has 92 valence electrons. The van der Waals surface area contributed by atoms with E-state index in [1.54, 1.807) is 6.08 Å². The van der Waals surface area contributed by atoms with Crippen molar-refractivity contribution in [3.63, 3.8) is 0 Å². The molecule has 0 radical (unpaired) electrons. The Bertz CT molecular complexity index is 245. The van der Waals surface area contributed by atoms with Gasteiger partial charge < -0.3 is 10.2 Å². The van der Waals surface area contributed by atoms with Gasteiger partial charge >= 0.3 is 11.9 Å². The molecular weight excluding hydrogens is 208 g/mol. The molecule has 0 aliphatic rings. The van der Waals surface area contributed by atoms with Crippen molar-refractivity contribution in [3.05, 3.63) is 12.2 Å². The van der Waals surface area contributed by atoms with Gasteiger partial charge in [0.05, 0.1) is 12.3 Å². The Morgan fingerprint density at radius 1 is 1.19 bits per heavy atom. The summed E-state index contributed by atoms with van der Waals surface area (Å²) in [5.41, 5.74) is 0. The molecular formula is C12H20O4. The van der Waals surface area contributed by atoms with Gasteiger partial charge in [-0.15, -0.1) is 0 Å². The van der Waals surface area contributed by atoms with Crippen LogP contribution in [0.2, 0.25) is 0 Å². The fourth-order valence-corrected chi connectivity index (χ4v) is 1.38. The van der Waals surface area contributed by atoms with E-state index in [1.807, 2.05) is 0 Å². The molecule has 2 N–H and O–H groups in total. The highest BCUT2D eigenvalue weighted by Crippen LogP contribution is 2.08. The molecule has 0 aromatic heterocycles. The first kappa shape index (κ1) is 14.7. The van der Waals surface area contributed by atoms with Crippen molar-refractivity contribution in [2.24, 2.45) is 5.92 Å². The van der Waals surface area contributed by atoms with Crippen LogP contribution in [-0.2, 0) is 9.59 Å². The fourth-order valence-electron chi connectivity index (χ4n) is 1.38. The van der Waals surface area contributed by atoms with E-state index in [0.717, 1.165) is 19.3 Å². The topological polar surface area (TPSA) is 74.6 Å². The largest absolute Gasteiger partial charge is 0.481 e. The summed E-state index contributed by atoms with van der Waals surface area (Å²) < 4.78 is 0. The molecule has 1 unspecified atom stereocenters. The maximum absolute atomic E-state index is 10.7. The molecule has 0 bridgehead atoms. The third-order valence-corrected chi connectivity index (χ3v) is 2.30. The molecule has 0 aromatic carbocycles. The third-order valence-electron chi connectivity index (χ3n) is 2.30. The second-order valence-electron chi connectivity index (χ2n) is 3.82. The number of carboxylic acid groups (broad SMARTS) is 2. The number of allylic oxidation sites excluding steroid dienone is 1. The molecule has 1 atom stereocenters. The minimum atomic E-state index is -1.08. The van der Waals surface area contributed by atoms with Crippen LogP contribution in [0.15, 0.2) is 12.2 Å². The standard InChI is InChI=1S/C12H20O4/c1-2-3-4-5-6-7-8-10(12(15)16)9-11(13)14/h7-8,10H,2-6,9H2,1H3,(H,13,14)(H,15,16). The van der Waals surface area contributed by atoms with Crippen molar-refractivity contribution in [2.75, 3.05) is 0 Å². The quantitative estimate of drug-likeness (QED) is 0.470. The molecule has 0 saturated carbocycles. The van der Waals surface area contributed by atoms with Gasteiger partial charge in [-0.1, -0.05) is 38.3 Å². The molecule has 0 fully saturated rings. The van der Waals surface area contributed by atoms with Crippen molar-refractivity contribution in [2.45, 2.75) is 45.4 Å². The van der Waals surface area contributed by atoms with Gasteiger partial charge in [0.25, 0.3) is 0 Å². The summed E-state index contributed by atoms with van der Waals surface area (Å²) in [7, 11) is 0. The summed E-state index contributed by atoms with van der Waals surface area (Å²) in [4.78, 5) is 21.1. The lowest BCUT2D eigenvalue weighted by atomic mass is 10.0. The monoisotopic (exact) mass is 228 g/mol. The summed E-state index contributed by atoms with van der Waals surface area (Å²) >= 11 is 0. The number of rotatable bonds is 9. The average Bonchev–Trinajstić information content (AvgIpc) is 2.20. The minimum absolute atomic E-state index is 0.346. The number of carbonyl (C=O) groups is 2. The average molecular weight is 228 g/mol. The zero-order valence-corrected chi connectivity index (χ0v) is 9.69. The minimum Gasteiger partial charge on any atom is -0.481 e. The number of hydrogen-bond acceptors (Lipinski definition) is 2. The lowest BCUT2D eigenvalue weighted by molar-refractivity contribution is -0.146. The molecule has 4 nitrogen and oxygen atoms in total. The normalized spacial score (nSPS) is 12.8. The van der Waals surface area contributed by atoms with Crippen LogP contribution in [0, 0.1) is 5.92 Å². The van der Waals surface area contributed by atoms with Crippen LogP contribution in [0.4, 0.5) is 0 Å². The second kappa shape index (κ2) is 8.95. The molecule has 4 heteroatoms. The van der Waals surface area contributed by atoms with Gasteiger partial charge in [-0.3, -0.25) is 9.59 Å². The molecule has 0 aliphatic carbocycles. The SMILES string of the molecule is CCCCCCC=CC(CC(=O)O)C(=O)O. The Morgan fingerprint density at radius 3 is 2.38 bits per heavy atom. The van der Waals surface area contributed by atoms with Crippen LogP contribution < -0.4 is 0 Å². The molecule has 0 aliphatic heterocycles. The molecule has 0 amide bonds. The van der Waals surface area contributed by atoms with Gasteiger partial charge in [-0.25, -0.2) is 0 Å². The molecule has 16 heavy (non-hydrogen) atoms. The summed E-state index contributed by atoms with van der Waals surface area (Å²) in [5.74, 6) is -3.06. The first-order chi connectivity index (χ1) is 7.57. The Balaban J connectivity index is 3.85.